The molecule has 49 heavy (non-hydrogen) atoms. The van der Waals surface area contributed by atoms with Crippen LogP contribution in [0, 0.1) is 53.4 Å². The molecule has 0 N–H and O–H groups in total. The number of allylic oxidation sites excluding steroid dienone is 5. The van der Waals surface area contributed by atoms with Gasteiger partial charge in [0.1, 0.15) is 0 Å². The summed E-state index contributed by atoms with van der Waals surface area (Å²) in [5.74, 6) is 0.449. The molecule has 0 fully saturated rings. The summed E-state index contributed by atoms with van der Waals surface area (Å²) in [7, 11) is 0. The van der Waals surface area contributed by atoms with Crippen LogP contribution in [0.2, 0.25) is 0 Å². The molecular weight excluding hydrogens is 593 g/mol. The van der Waals surface area contributed by atoms with Crippen molar-refractivity contribution in [3.05, 3.63) is 170 Å². The second-order valence-electron chi connectivity index (χ2n) is 14.7. The molecule has 3 unspecified atom stereocenters. The van der Waals surface area contributed by atoms with Crippen molar-refractivity contribution >= 4 is 28.5 Å². The molecule has 3 aliphatic carbocycles. The number of hydrogen-bond donors (Lipinski definition) is 0. The Morgan fingerprint density at radius 3 is 1.71 bits per heavy atom. The molecule has 0 saturated carbocycles. The molecular formula is C47H50N2. The Bertz CT molecular complexity index is 2170. The van der Waals surface area contributed by atoms with Crippen molar-refractivity contribution in [2.45, 2.75) is 74.8 Å². The van der Waals surface area contributed by atoms with Gasteiger partial charge >= 0.3 is 0 Å². The zero-order valence-electron chi connectivity index (χ0n) is 30.7. The van der Waals surface area contributed by atoms with E-state index in [9.17, 15) is 0 Å². The third-order valence-electron chi connectivity index (χ3n) is 11.4. The van der Waals surface area contributed by atoms with Crippen LogP contribution in [-0.4, -0.2) is 6.04 Å². The highest BCUT2D eigenvalue weighted by Gasteiger charge is 2.39. The molecule has 3 aliphatic rings. The molecule has 3 atom stereocenters. The standard InChI is InChI=1S/C47H50N2/c1-29-17-21-38(25-34(29)6)48(39-22-18-30(2)35(7)26-39)46-42-14-10-11-15-43(42)47(45-33(5)13-12-16-44(45)46)49(40-23-19-31(3)36(8)27-40)41-24-20-32(4)37(9)28-41/h10-25,27-28,33,39,45H,26H2,1-9H3. The molecule has 0 aliphatic heterocycles. The van der Waals surface area contributed by atoms with Crippen LogP contribution in [0.15, 0.2) is 126 Å². The Morgan fingerprint density at radius 2 is 1.14 bits per heavy atom. The fraction of sp³-hybridized carbons (Fsp3) is 0.277. The maximum atomic E-state index is 2.66. The van der Waals surface area contributed by atoms with Gasteiger partial charge in [-0.2, -0.15) is 0 Å². The lowest BCUT2D eigenvalue weighted by Crippen LogP contribution is -2.49. The van der Waals surface area contributed by atoms with E-state index in [-0.39, 0.29) is 12.0 Å². The summed E-state index contributed by atoms with van der Waals surface area (Å²) in [5.41, 5.74) is 18.4. The molecule has 0 amide bonds. The van der Waals surface area contributed by atoms with Crippen LogP contribution in [0.3, 0.4) is 0 Å². The molecule has 4 aromatic rings. The summed E-state index contributed by atoms with van der Waals surface area (Å²) in [6, 6.07) is 30.3. The van der Waals surface area contributed by atoms with Crippen LogP contribution in [0.4, 0.5) is 17.1 Å². The van der Waals surface area contributed by atoms with Gasteiger partial charge in [-0.3, -0.25) is 0 Å². The van der Waals surface area contributed by atoms with Crippen LogP contribution in [0.1, 0.15) is 60.6 Å². The molecule has 2 heteroatoms. The molecule has 0 saturated heterocycles. The first-order chi connectivity index (χ1) is 23.5. The van der Waals surface area contributed by atoms with E-state index < -0.39 is 0 Å². The Morgan fingerprint density at radius 1 is 0.592 bits per heavy atom. The number of anilines is 3. The Kier molecular flexibility index (Phi) is 8.61. The maximum absolute atomic E-state index is 2.66. The van der Waals surface area contributed by atoms with Crippen molar-refractivity contribution in [3.8, 4) is 0 Å². The van der Waals surface area contributed by atoms with Crippen molar-refractivity contribution in [1.29, 1.82) is 0 Å². The summed E-state index contributed by atoms with van der Waals surface area (Å²) in [4.78, 5) is 5.23. The second-order valence-corrected chi connectivity index (χ2v) is 14.7. The third-order valence-corrected chi connectivity index (χ3v) is 11.4. The van der Waals surface area contributed by atoms with Gasteiger partial charge in [0.25, 0.3) is 0 Å². The minimum absolute atomic E-state index is 0.151. The third kappa shape index (κ3) is 5.82. The van der Waals surface area contributed by atoms with Gasteiger partial charge in [-0.15, -0.1) is 0 Å². The number of benzene rings is 4. The van der Waals surface area contributed by atoms with Crippen molar-refractivity contribution < 1.29 is 0 Å². The van der Waals surface area contributed by atoms with Crippen molar-refractivity contribution in [2.24, 2.45) is 11.8 Å². The highest BCUT2D eigenvalue weighted by Crippen LogP contribution is 2.47. The highest BCUT2D eigenvalue weighted by atomic mass is 15.2. The van der Waals surface area contributed by atoms with Crippen molar-refractivity contribution in [1.82, 2.24) is 0 Å². The Balaban J connectivity index is 1.61. The minimum Gasteiger partial charge on any atom is -0.333 e. The zero-order valence-corrected chi connectivity index (χ0v) is 30.7. The SMILES string of the molecule is CC1=C(C)CC(N(C2=c3ccccc3=C(N(c3ccc(C)c(C)c3)c3ccc(C)c(C)c3)C3C2=CC=CC3C)c2ccc(C)c(C)c2)C=C1. The molecule has 0 aromatic heterocycles. The lowest BCUT2D eigenvalue weighted by Gasteiger charge is -2.44. The summed E-state index contributed by atoms with van der Waals surface area (Å²) in [6.07, 6.45) is 12.9. The molecule has 0 radical (unpaired) electrons. The minimum atomic E-state index is 0.151. The van der Waals surface area contributed by atoms with Crippen LogP contribution in [0.5, 0.6) is 0 Å². The average molecular weight is 643 g/mol. The summed E-state index contributed by atoms with van der Waals surface area (Å²) < 4.78 is 0. The molecule has 2 nitrogen and oxygen atoms in total. The van der Waals surface area contributed by atoms with Gasteiger partial charge < -0.3 is 9.80 Å². The lowest BCUT2D eigenvalue weighted by molar-refractivity contribution is 0.582. The maximum Gasteiger partial charge on any atom is 0.0562 e. The topological polar surface area (TPSA) is 6.48 Å². The van der Waals surface area contributed by atoms with E-state index in [2.05, 4.69) is 181 Å². The summed E-state index contributed by atoms with van der Waals surface area (Å²) >= 11 is 0. The van der Waals surface area contributed by atoms with E-state index in [1.54, 1.807) is 0 Å². The zero-order chi connectivity index (χ0) is 34.6. The van der Waals surface area contributed by atoms with Crippen LogP contribution < -0.4 is 20.2 Å². The average Bonchev–Trinajstić information content (AvgIpc) is 3.08. The lowest BCUT2D eigenvalue weighted by atomic mass is 9.74. The van der Waals surface area contributed by atoms with Crippen molar-refractivity contribution in [3.63, 3.8) is 0 Å². The predicted octanol–water partition coefficient (Wildman–Crippen LogP) is 10.5. The highest BCUT2D eigenvalue weighted by molar-refractivity contribution is 5.92. The summed E-state index contributed by atoms with van der Waals surface area (Å²) in [5, 5.41) is 2.59. The van der Waals surface area contributed by atoms with Crippen LogP contribution in [-0.2, 0) is 0 Å². The van der Waals surface area contributed by atoms with E-state index in [0.717, 1.165) is 6.42 Å². The Hall–Kier alpha value is -4.82. The predicted molar refractivity (Wildman–Crippen MR) is 211 cm³/mol. The molecule has 4 aromatic carbocycles. The molecule has 248 valence electrons. The van der Waals surface area contributed by atoms with Gasteiger partial charge in [0.15, 0.2) is 0 Å². The first-order valence-electron chi connectivity index (χ1n) is 17.9. The van der Waals surface area contributed by atoms with Crippen molar-refractivity contribution in [2.75, 3.05) is 9.80 Å². The fourth-order valence-electron chi connectivity index (χ4n) is 7.86. The van der Waals surface area contributed by atoms with Crippen LogP contribution in [0.25, 0.3) is 11.4 Å². The first kappa shape index (κ1) is 32.7. The number of nitrogens with zero attached hydrogens (tertiary/aromatic N) is 2. The van der Waals surface area contributed by atoms with Gasteiger partial charge in [-0.05, 0) is 143 Å². The number of rotatable bonds is 6. The number of fused-ring (bicyclic) bond motifs is 2. The van der Waals surface area contributed by atoms with E-state index in [1.165, 1.54) is 89.0 Å². The van der Waals surface area contributed by atoms with E-state index in [1.807, 2.05) is 0 Å². The Labute approximate surface area is 293 Å². The van der Waals surface area contributed by atoms with Gasteiger partial charge in [-0.1, -0.05) is 90.9 Å². The van der Waals surface area contributed by atoms with E-state index in [0.29, 0.717) is 5.92 Å². The molecule has 7 rings (SSSR count). The van der Waals surface area contributed by atoms with Gasteiger partial charge in [0, 0.05) is 39.1 Å². The molecule has 0 heterocycles. The first-order valence-corrected chi connectivity index (χ1v) is 17.9. The second kappa shape index (κ2) is 12.9. The van der Waals surface area contributed by atoms with Crippen LogP contribution >= 0.6 is 0 Å². The normalized spacial score (nSPS) is 19.9. The molecule has 0 spiro atoms. The van der Waals surface area contributed by atoms with Gasteiger partial charge in [0.05, 0.1) is 11.7 Å². The quantitative estimate of drug-likeness (QED) is 0.207. The monoisotopic (exact) mass is 642 g/mol. The smallest absolute Gasteiger partial charge is 0.0562 e. The van der Waals surface area contributed by atoms with E-state index in [4.69, 9.17) is 0 Å². The van der Waals surface area contributed by atoms with Gasteiger partial charge in [-0.25, -0.2) is 0 Å². The largest absolute Gasteiger partial charge is 0.333 e. The van der Waals surface area contributed by atoms with E-state index >= 15 is 0 Å². The number of hydrogen-bond acceptors (Lipinski definition) is 2. The fourth-order valence-corrected chi connectivity index (χ4v) is 7.86. The molecule has 0 bridgehead atoms. The summed E-state index contributed by atoms with van der Waals surface area (Å²) in [6.45, 7) is 20.3. The van der Waals surface area contributed by atoms with Gasteiger partial charge in [0.2, 0.25) is 0 Å². The number of aryl methyl sites for hydroxylation is 6.